The zero-order valence-electron chi connectivity index (χ0n) is 7.22. The first-order valence-corrected chi connectivity index (χ1v) is 4.44. The van der Waals surface area contributed by atoms with Gasteiger partial charge in [0, 0.05) is 20.0 Å². The van der Waals surface area contributed by atoms with Crippen LogP contribution in [0.1, 0.15) is 20.3 Å². The molecule has 0 aromatic rings. The molecule has 0 aliphatic rings. The molecule has 0 bridgehead atoms. The average molecular weight is 217 g/mol. The smallest absolute Gasteiger partial charge is 0.302 e. The van der Waals surface area contributed by atoms with Gasteiger partial charge in [-0.05, 0) is 6.92 Å². The minimum atomic E-state index is -0.407. The molecule has 0 aromatic heterocycles. The number of carbonyl (C=O) groups excluding carboxylic acids is 1. The molecule has 12 heavy (non-hydrogen) atoms. The van der Waals surface area contributed by atoms with Crippen LogP contribution in [0, 0.1) is 0 Å². The van der Waals surface area contributed by atoms with Gasteiger partial charge in [-0.25, -0.2) is 0 Å². The molecule has 0 saturated carbocycles. The molecule has 0 saturated heterocycles. The van der Waals surface area contributed by atoms with Crippen molar-refractivity contribution in [2.24, 2.45) is 0 Å². The summed E-state index contributed by atoms with van der Waals surface area (Å²) in [6, 6.07) is 0. The second kappa shape index (κ2) is 11.0. The fraction of sp³-hybridized carbons (Fsp3) is 0.857. The second-order valence-corrected chi connectivity index (χ2v) is 3.11. The first-order chi connectivity index (χ1) is 5.54. The van der Waals surface area contributed by atoms with E-state index in [9.17, 15) is 4.79 Å². The first kappa shape index (κ1) is 14.5. The van der Waals surface area contributed by atoms with Gasteiger partial charge in [-0.1, -0.05) is 0 Å². The maximum atomic E-state index is 9.82. The van der Waals surface area contributed by atoms with Crippen molar-refractivity contribution in [1.82, 2.24) is 0 Å². The summed E-state index contributed by atoms with van der Waals surface area (Å²) in [5.41, 5.74) is 0. The fourth-order valence-electron chi connectivity index (χ4n) is 0.301. The van der Waals surface area contributed by atoms with Crippen LogP contribution in [0.4, 0.5) is 0 Å². The number of aliphatic hydroxyl groups is 1. The molecule has 0 amide bonds. The third-order valence-electron chi connectivity index (χ3n) is 0.695. The third-order valence-corrected chi connectivity index (χ3v) is 1.13. The van der Waals surface area contributed by atoms with E-state index < -0.39 is 4.84 Å². The van der Waals surface area contributed by atoms with E-state index in [0.29, 0.717) is 13.0 Å². The van der Waals surface area contributed by atoms with Gasteiger partial charge >= 0.3 is 5.97 Å². The number of hydrogen-bond donors (Lipinski definition) is 1. The van der Waals surface area contributed by atoms with Crippen molar-refractivity contribution < 1.29 is 14.6 Å². The lowest BCUT2D eigenvalue weighted by molar-refractivity contribution is -0.140. The van der Waals surface area contributed by atoms with Crippen LogP contribution in [-0.4, -0.2) is 29.1 Å². The Kier molecular flexibility index (Phi) is 13.3. The summed E-state index contributed by atoms with van der Waals surface area (Å²) in [6.45, 7) is 3.72. The number of esters is 1. The molecule has 74 valence electrons. The molecule has 0 atom stereocenters. The number of ether oxygens (including phenoxy) is 1. The largest absolute Gasteiger partial charge is 0.466 e. The van der Waals surface area contributed by atoms with Crippen molar-refractivity contribution in [2.75, 3.05) is 13.2 Å². The van der Waals surface area contributed by atoms with Crippen LogP contribution in [0.5, 0.6) is 0 Å². The van der Waals surface area contributed by atoms with Crippen molar-refractivity contribution in [3.63, 3.8) is 0 Å². The molecule has 5 heteroatoms. The zero-order chi connectivity index (χ0) is 9.98. The Morgan fingerprint density at radius 1 is 1.58 bits per heavy atom. The van der Waals surface area contributed by atoms with Crippen LogP contribution < -0.4 is 0 Å². The van der Waals surface area contributed by atoms with E-state index in [1.807, 2.05) is 0 Å². The van der Waals surface area contributed by atoms with Crippen LogP contribution in [0.25, 0.3) is 0 Å². The Balaban J connectivity index is 0. The molecule has 0 spiro atoms. The highest BCUT2D eigenvalue weighted by atomic mass is 35.5. The Morgan fingerprint density at radius 2 is 2.08 bits per heavy atom. The average Bonchev–Trinajstić information content (AvgIpc) is 1.87. The normalized spacial score (nSPS) is 8.83. The van der Waals surface area contributed by atoms with E-state index in [1.165, 1.54) is 6.92 Å². The van der Waals surface area contributed by atoms with Gasteiger partial charge in [0.1, 0.15) is 4.84 Å². The van der Waals surface area contributed by atoms with Gasteiger partial charge in [-0.2, -0.15) is 0 Å². The molecule has 0 aliphatic heterocycles. The van der Waals surface area contributed by atoms with Crippen LogP contribution >= 0.6 is 23.2 Å². The molecule has 3 nitrogen and oxygen atoms in total. The fourth-order valence-corrected chi connectivity index (χ4v) is 0.496. The molecule has 0 aromatic carbocycles. The standard InChI is InChI=1S/C4H8O2.C3H6Cl2O/c1-3-6-4(2)5;4-3(5)1-2-6/h3H2,1-2H3;3,6H,1-2H2. The summed E-state index contributed by atoms with van der Waals surface area (Å²) < 4.78 is 4.40. The predicted octanol–water partition coefficient (Wildman–Crippen LogP) is 1.74. The van der Waals surface area contributed by atoms with Crippen molar-refractivity contribution in [2.45, 2.75) is 25.1 Å². The molecule has 0 rings (SSSR count). The summed E-state index contributed by atoms with van der Waals surface area (Å²) in [7, 11) is 0. The monoisotopic (exact) mass is 216 g/mol. The van der Waals surface area contributed by atoms with E-state index in [1.54, 1.807) is 6.92 Å². The Labute approximate surface area is 82.6 Å². The highest BCUT2D eigenvalue weighted by Gasteiger charge is 1.92. The quantitative estimate of drug-likeness (QED) is 0.578. The lowest BCUT2D eigenvalue weighted by atomic mass is 10.5. The SMILES string of the molecule is CCOC(C)=O.OCCC(Cl)Cl. The van der Waals surface area contributed by atoms with Crippen LogP contribution in [-0.2, 0) is 9.53 Å². The molecule has 0 radical (unpaired) electrons. The van der Waals surface area contributed by atoms with Gasteiger partial charge in [0.2, 0.25) is 0 Å². The maximum absolute atomic E-state index is 9.82. The highest BCUT2D eigenvalue weighted by Crippen LogP contribution is 2.04. The van der Waals surface area contributed by atoms with E-state index >= 15 is 0 Å². The molecule has 0 aliphatic carbocycles. The summed E-state index contributed by atoms with van der Waals surface area (Å²) in [6.07, 6.45) is 0.461. The Morgan fingerprint density at radius 3 is 2.08 bits per heavy atom. The molecular formula is C7H14Cl2O3. The molecule has 1 N–H and O–H groups in total. The van der Waals surface area contributed by atoms with Gasteiger partial charge in [-0.15, -0.1) is 23.2 Å². The topological polar surface area (TPSA) is 46.5 Å². The lowest BCUT2D eigenvalue weighted by Crippen LogP contribution is -1.95. The predicted molar refractivity (Wildman–Crippen MR) is 49.5 cm³/mol. The van der Waals surface area contributed by atoms with E-state index in [0.717, 1.165) is 0 Å². The second-order valence-electron chi connectivity index (χ2n) is 1.83. The Bertz CT molecular complexity index is 107. The van der Waals surface area contributed by atoms with Gasteiger partial charge in [0.15, 0.2) is 0 Å². The lowest BCUT2D eigenvalue weighted by Gasteiger charge is -1.90. The number of aliphatic hydroxyl groups excluding tert-OH is 1. The summed E-state index contributed by atoms with van der Waals surface area (Å²) in [5, 5.41) is 8.07. The summed E-state index contributed by atoms with van der Waals surface area (Å²) in [4.78, 5) is 9.41. The molecule has 0 unspecified atom stereocenters. The van der Waals surface area contributed by atoms with Crippen LogP contribution in [0.3, 0.4) is 0 Å². The van der Waals surface area contributed by atoms with Crippen molar-refractivity contribution in [3.05, 3.63) is 0 Å². The van der Waals surface area contributed by atoms with Crippen molar-refractivity contribution in [1.29, 1.82) is 0 Å². The highest BCUT2D eigenvalue weighted by molar-refractivity contribution is 6.44. The van der Waals surface area contributed by atoms with Crippen molar-refractivity contribution >= 4 is 29.2 Å². The van der Waals surface area contributed by atoms with E-state index in [2.05, 4.69) is 4.74 Å². The summed E-state index contributed by atoms with van der Waals surface area (Å²) in [5.74, 6) is -0.211. The van der Waals surface area contributed by atoms with Crippen molar-refractivity contribution in [3.8, 4) is 0 Å². The Hall–Kier alpha value is 0.01000. The zero-order valence-corrected chi connectivity index (χ0v) is 8.73. The molecule has 0 heterocycles. The van der Waals surface area contributed by atoms with Gasteiger partial charge in [-0.3, -0.25) is 4.79 Å². The minimum absolute atomic E-state index is 0.0671. The number of carbonyl (C=O) groups is 1. The van der Waals surface area contributed by atoms with E-state index in [-0.39, 0.29) is 12.6 Å². The number of hydrogen-bond acceptors (Lipinski definition) is 3. The molecular weight excluding hydrogens is 203 g/mol. The summed E-state index contributed by atoms with van der Waals surface area (Å²) >= 11 is 10.4. The third kappa shape index (κ3) is 22.5. The number of rotatable bonds is 3. The van der Waals surface area contributed by atoms with Gasteiger partial charge in [0.25, 0.3) is 0 Å². The first-order valence-electron chi connectivity index (χ1n) is 3.56. The van der Waals surface area contributed by atoms with E-state index in [4.69, 9.17) is 28.3 Å². The minimum Gasteiger partial charge on any atom is -0.466 e. The number of halogens is 2. The molecule has 0 fully saturated rings. The van der Waals surface area contributed by atoms with Gasteiger partial charge < -0.3 is 9.84 Å². The van der Waals surface area contributed by atoms with Gasteiger partial charge in [0.05, 0.1) is 6.61 Å². The van der Waals surface area contributed by atoms with Crippen LogP contribution in [0.15, 0.2) is 0 Å². The van der Waals surface area contributed by atoms with Crippen LogP contribution in [0.2, 0.25) is 0 Å². The maximum Gasteiger partial charge on any atom is 0.302 e. The number of alkyl halides is 2.